The number of anilines is 2. The molecule has 7 heteroatoms. The number of nitrogens with one attached hydrogen (secondary N) is 2. The number of hydrogen-bond donors (Lipinski definition) is 2. The molecule has 27 heavy (non-hydrogen) atoms. The number of rotatable bonds is 6. The molecule has 0 saturated heterocycles. The van der Waals surface area contributed by atoms with E-state index in [1.54, 1.807) is 43.5 Å². The topological polar surface area (TPSA) is 76.7 Å². The molecule has 2 aromatic rings. The third kappa shape index (κ3) is 4.34. The average Bonchev–Trinajstić information content (AvgIpc) is 3.45. The second kappa shape index (κ2) is 7.88. The van der Waals surface area contributed by atoms with Crippen LogP contribution in [0.3, 0.4) is 0 Å². The third-order valence-electron chi connectivity index (χ3n) is 4.54. The lowest BCUT2D eigenvalue weighted by Gasteiger charge is -2.12. The Morgan fingerprint density at radius 3 is 2.41 bits per heavy atom. The minimum absolute atomic E-state index is 0.178. The van der Waals surface area contributed by atoms with Gasteiger partial charge in [-0.2, -0.15) is 0 Å². The van der Waals surface area contributed by atoms with E-state index in [4.69, 9.17) is 21.1 Å². The van der Waals surface area contributed by atoms with E-state index in [0.717, 1.165) is 5.56 Å². The molecule has 142 valence electrons. The summed E-state index contributed by atoms with van der Waals surface area (Å²) in [5.74, 6) is 0.0374. The minimum Gasteiger partial charge on any atom is -0.497 e. The number of ether oxygens (including phenoxy) is 2. The maximum Gasteiger partial charge on any atom is 0.228 e. The molecule has 0 spiro atoms. The van der Waals surface area contributed by atoms with Crippen molar-refractivity contribution in [2.75, 3.05) is 24.9 Å². The van der Waals surface area contributed by atoms with Gasteiger partial charge >= 0.3 is 0 Å². The van der Waals surface area contributed by atoms with Crippen molar-refractivity contribution in [2.45, 2.75) is 13.3 Å². The molecule has 0 bridgehead atoms. The first-order chi connectivity index (χ1) is 12.9. The fourth-order valence-corrected chi connectivity index (χ4v) is 3.02. The second-order valence-electron chi connectivity index (χ2n) is 6.46. The van der Waals surface area contributed by atoms with Crippen molar-refractivity contribution < 1.29 is 19.1 Å². The van der Waals surface area contributed by atoms with E-state index in [0.29, 0.717) is 34.3 Å². The lowest BCUT2D eigenvalue weighted by Crippen LogP contribution is -2.20. The van der Waals surface area contributed by atoms with Gasteiger partial charge in [0.05, 0.1) is 31.7 Å². The number of hydrogen-bond acceptors (Lipinski definition) is 4. The normalized spacial score (nSPS) is 17.8. The molecular formula is C20H21ClN2O4. The van der Waals surface area contributed by atoms with Gasteiger partial charge in [0.25, 0.3) is 0 Å². The Bertz CT molecular complexity index is 884. The van der Waals surface area contributed by atoms with E-state index in [-0.39, 0.29) is 23.7 Å². The van der Waals surface area contributed by atoms with Crippen LogP contribution in [0.5, 0.6) is 11.5 Å². The van der Waals surface area contributed by atoms with Crippen molar-refractivity contribution in [2.24, 2.45) is 11.8 Å². The first kappa shape index (κ1) is 19.0. The van der Waals surface area contributed by atoms with Gasteiger partial charge in [-0.05, 0) is 37.1 Å². The molecule has 1 saturated carbocycles. The molecular weight excluding hydrogens is 368 g/mol. The van der Waals surface area contributed by atoms with Crippen LogP contribution >= 0.6 is 11.6 Å². The lowest BCUT2D eigenvalue weighted by atomic mass is 10.2. The minimum atomic E-state index is -0.365. The molecule has 2 unspecified atom stereocenters. The fourth-order valence-electron chi connectivity index (χ4n) is 2.87. The standard InChI is InChI=1S/C20H21ClN2O4/c1-11-7-17(18(27-3)10-16(11)21)23-20(25)15-9-14(15)19(24)22-12-5-4-6-13(8-12)26-2/h4-8,10,14-15H,9H2,1-3H3,(H,22,24)(H,23,25). The van der Waals surface area contributed by atoms with Gasteiger partial charge in [-0.25, -0.2) is 0 Å². The number of aryl methyl sites for hydroxylation is 1. The lowest BCUT2D eigenvalue weighted by molar-refractivity contribution is -0.122. The van der Waals surface area contributed by atoms with Crippen LogP contribution in [0, 0.1) is 18.8 Å². The molecule has 0 heterocycles. The highest BCUT2D eigenvalue weighted by atomic mass is 35.5. The highest BCUT2D eigenvalue weighted by Crippen LogP contribution is 2.41. The van der Waals surface area contributed by atoms with Gasteiger partial charge < -0.3 is 20.1 Å². The summed E-state index contributed by atoms with van der Waals surface area (Å²) >= 11 is 6.08. The van der Waals surface area contributed by atoms with Gasteiger partial charge in [0, 0.05) is 22.8 Å². The van der Waals surface area contributed by atoms with Crippen LogP contribution < -0.4 is 20.1 Å². The largest absolute Gasteiger partial charge is 0.497 e. The molecule has 0 radical (unpaired) electrons. The maximum absolute atomic E-state index is 12.5. The van der Waals surface area contributed by atoms with Crippen molar-refractivity contribution in [3.05, 3.63) is 47.0 Å². The highest BCUT2D eigenvalue weighted by molar-refractivity contribution is 6.31. The summed E-state index contributed by atoms with van der Waals surface area (Å²) in [6, 6.07) is 10.5. The summed E-state index contributed by atoms with van der Waals surface area (Å²) in [6.07, 6.45) is 0.510. The van der Waals surface area contributed by atoms with Crippen LogP contribution in [0.4, 0.5) is 11.4 Å². The molecule has 0 aliphatic heterocycles. The monoisotopic (exact) mass is 388 g/mol. The Balaban J connectivity index is 1.62. The highest BCUT2D eigenvalue weighted by Gasteiger charge is 2.48. The zero-order valence-electron chi connectivity index (χ0n) is 15.3. The Hall–Kier alpha value is -2.73. The SMILES string of the molecule is COc1cccc(NC(=O)C2CC2C(=O)Nc2cc(C)c(Cl)cc2OC)c1. The number of benzene rings is 2. The zero-order chi connectivity index (χ0) is 19.6. The van der Waals surface area contributed by atoms with E-state index >= 15 is 0 Å². The average molecular weight is 389 g/mol. The second-order valence-corrected chi connectivity index (χ2v) is 6.87. The van der Waals surface area contributed by atoms with Gasteiger partial charge in [-0.15, -0.1) is 0 Å². The van der Waals surface area contributed by atoms with Crippen molar-refractivity contribution in [3.8, 4) is 11.5 Å². The Labute approximate surface area is 162 Å². The van der Waals surface area contributed by atoms with E-state index in [9.17, 15) is 9.59 Å². The van der Waals surface area contributed by atoms with E-state index in [2.05, 4.69) is 10.6 Å². The summed E-state index contributed by atoms with van der Waals surface area (Å²) in [5, 5.41) is 6.22. The van der Waals surface area contributed by atoms with E-state index in [1.807, 2.05) is 6.92 Å². The number of halogens is 1. The van der Waals surface area contributed by atoms with Gasteiger partial charge in [-0.1, -0.05) is 17.7 Å². The van der Waals surface area contributed by atoms with Gasteiger partial charge in [0.1, 0.15) is 11.5 Å². The van der Waals surface area contributed by atoms with Crippen LogP contribution in [-0.4, -0.2) is 26.0 Å². The summed E-state index contributed by atoms with van der Waals surface area (Å²) in [5.41, 5.74) is 2.01. The van der Waals surface area contributed by atoms with Crippen molar-refractivity contribution in [3.63, 3.8) is 0 Å². The summed E-state index contributed by atoms with van der Waals surface area (Å²) in [4.78, 5) is 24.9. The van der Waals surface area contributed by atoms with Crippen LogP contribution in [0.15, 0.2) is 36.4 Å². The van der Waals surface area contributed by atoms with Crippen molar-refractivity contribution >= 4 is 34.8 Å². The molecule has 1 fully saturated rings. The Kier molecular flexibility index (Phi) is 5.56. The van der Waals surface area contributed by atoms with Crippen LogP contribution in [-0.2, 0) is 9.59 Å². The summed E-state index contributed by atoms with van der Waals surface area (Å²) in [6.45, 7) is 1.85. The summed E-state index contributed by atoms with van der Waals surface area (Å²) in [7, 11) is 3.08. The van der Waals surface area contributed by atoms with E-state index in [1.165, 1.54) is 7.11 Å². The molecule has 2 aromatic carbocycles. The molecule has 2 atom stereocenters. The quantitative estimate of drug-likeness (QED) is 0.787. The maximum atomic E-state index is 12.5. The molecule has 1 aliphatic rings. The number of carbonyl (C=O) groups excluding carboxylic acids is 2. The molecule has 6 nitrogen and oxygen atoms in total. The van der Waals surface area contributed by atoms with Crippen molar-refractivity contribution in [1.29, 1.82) is 0 Å². The first-order valence-electron chi connectivity index (χ1n) is 8.53. The van der Waals surface area contributed by atoms with Crippen molar-refractivity contribution in [1.82, 2.24) is 0 Å². The van der Waals surface area contributed by atoms with Gasteiger partial charge in [0.15, 0.2) is 0 Å². The number of carbonyl (C=O) groups is 2. The van der Waals surface area contributed by atoms with Crippen LogP contribution in [0.25, 0.3) is 0 Å². The fraction of sp³-hybridized carbons (Fsp3) is 0.300. The van der Waals surface area contributed by atoms with Crippen LogP contribution in [0.2, 0.25) is 5.02 Å². The molecule has 2 N–H and O–H groups in total. The zero-order valence-corrected chi connectivity index (χ0v) is 16.1. The number of methoxy groups -OCH3 is 2. The Morgan fingerprint density at radius 2 is 1.74 bits per heavy atom. The Morgan fingerprint density at radius 1 is 1.04 bits per heavy atom. The predicted octanol–water partition coefficient (Wildman–Crippen LogP) is 3.88. The van der Waals surface area contributed by atoms with Gasteiger partial charge in [0.2, 0.25) is 11.8 Å². The molecule has 3 rings (SSSR count). The molecule has 0 aromatic heterocycles. The van der Waals surface area contributed by atoms with Crippen LogP contribution in [0.1, 0.15) is 12.0 Å². The van der Waals surface area contributed by atoms with Gasteiger partial charge in [-0.3, -0.25) is 9.59 Å². The third-order valence-corrected chi connectivity index (χ3v) is 4.95. The predicted molar refractivity (Wildman–Crippen MR) is 105 cm³/mol. The smallest absolute Gasteiger partial charge is 0.228 e. The first-order valence-corrected chi connectivity index (χ1v) is 8.90. The summed E-state index contributed by atoms with van der Waals surface area (Å²) < 4.78 is 10.4. The molecule has 2 amide bonds. The number of amides is 2. The molecule has 1 aliphatic carbocycles. The van der Waals surface area contributed by atoms with E-state index < -0.39 is 0 Å².